The van der Waals surface area contributed by atoms with Gasteiger partial charge in [0.05, 0.1) is 18.2 Å². The van der Waals surface area contributed by atoms with E-state index < -0.39 is 0 Å². The summed E-state index contributed by atoms with van der Waals surface area (Å²) in [6, 6.07) is 10.1. The SMILES string of the molecule is CCOC(=O)c1c(NC(=O)[C@H]([NH2+]C2CCCCC2)c2ccccc2)sc2c1CC[C@@H](C)C2. The maximum atomic E-state index is 13.6. The fourth-order valence-electron chi connectivity index (χ4n) is 5.06. The van der Waals surface area contributed by atoms with Crippen LogP contribution in [0.1, 0.15) is 84.8 Å². The van der Waals surface area contributed by atoms with Crippen LogP contribution in [-0.2, 0) is 22.4 Å². The van der Waals surface area contributed by atoms with E-state index in [2.05, 4.69) is 17.6 Å². The number of fused-ring (bicyclic) bond motifs is 1. The minimum atomic E-state index is -0.326. The van der Waals surface area contributed by atoms with Gasteiger partial charge in [0, 0.05) is 10.4 Å². The normalized spacial score (nSPS) is 19.8. The summed E-state index contributed by atoms with van der Waals surface area (Å²) in [7, 11) is 0. The Morgan fingerprint density at radius 3 is 2.62 bits per heavy atom. The highest BCUT2D eigenvalue weighted by molar-refractivity contribution is 7.17. The molecule has 2 aliphatic rings. The third-order valence-corrected chi connectivity index (χ3v) is 7.95. The van der Waals surface area contributed by atoms with Crippen molar-refractivity contribution in [3.05, 3.63) is 51.9 Å². The van der Waals surface area contributed by atoms with E-state index in [0.29, 0.717) is 29.1 Å². The van der Waals surface area contributed by atoms with Crippen molar-refractivity contribution in [2.24, 2.45) is 5.92 Å². The number of benzene rings is 1. The van der Waals surface area contributed by atoms with Crippen molar-refractivity contribution >= 4 is 28.2 Å². The first-order valence-corrected chi connectivity index (χ1v) is 12.9. The quantitative estimate of drug-likeness (QED) is 0.598. The fraction of sp³-hybridized carbons (Fsp3) is 0.538. The van der Waals surface area contributed by atoms with Gasteiger partial charge in [0.25, 0.3) is 5.91 Å². The van der Waals surface area contributed by atoms with Gasteiger partial charge in [0.1, 0.15) is 5.00 Å². The molecule has 1 heterocycles. The van der Waals surface area contributed by atoms with Crippen LogP contribution in [0.3, 0.4) is 0 Å². The number of hydrogen-bond donors (Lipinski definition) is 2. The molecule has 0 radical (unpaired) electrons. The lowest BCUT2D eigenvalue weighted by Crippen LogP contribution is -2.92. The summed E-state index contributed by atoms with van der Waals surface area (Å²) in [6.07, 6.45) is 8.93. The molecule has 32 heavy (non-hydrogen) atoms. The number of hydrogen-bond acceptors (Lipinski definition) is 4. The number of nitrogens with two attached hydrogens (primary N) is 1. The van der Waals surface area contributed by atoms with Crippen LogP contribution >= 0.6 is 11.3 Å². The summed E-state index contributed by atoms with van der Waals surface area (Å²) < 4.78 is 5.38. The molecule has 0 spiro atoms. The van der Waals surface area contributed by atoms with Gasteiger partial charge in [-0.1, -0.05) is 43.7 Å². The number of amides is 1. The second kappa shape index (κ2) is 10.6. The smallest absolute Gasteiger partial charge is 0.341 e. The number of esters is 1. The Kier molecular flexibility index (Phi) is 7.63. The lowest BCUT2D eigenvalue weighted by Gasteiger charge is -2.25. The number of quaternary nitrogens is 1. The number of thiophene rings is 1. The largest absolute Gasteiger partial charge is 0.462 e. The van der Waals surface area contributed by atoms with Crippen LogP contribution in [0.25, 0.3) is 0 Å². The maximum Gasteiger partial charge on any atom is 0.341 e. The van der Waals surface area contributed by atoms with E-state index in [-0.39, 0.29) is 17.9 Å². The molecule has 1 saturated carbocycles. The van der Waals surface area contributed by atoms with Crippen molar-refractivity contribution in [1.82, 2.24) is 0 Å². The zero-order valence-electron chi connectivity index (χ0n) is 19.2. The molecule has 0 bridgehead atoms. The summed E-state index contributed by atoms with van der Waals surface area (Å²) in [5.41, 5.74) is 2.66. The van der Waals surface area contributed by atoms with Crippen LogP contribution in [0, 0.1) is 5.92 Å². The van der Waals surface area contributed by atoms with Crippen LogP contribution < -0.4 is 10.6 Å². The molecular formula is C26H35N2O3S+. The molecule has 6 heteroatoms. The average Bonchev–Trinajstić information content (AvgIpc) is 3.15. The monoisotopic (exact) mass is 455 g/mol. The van der Waals surface area contributed by atoms with Crippen LogP contribution in [0.15, 0.2) is 30.3 Å². The van der Waals surface area contributed by atoms with E-state index in [1.165, 1.54) is 24.1 Å². The Labute approximate surface area is 194 Å². The van der Waals surface area contributed by atoms with Gasteiger partial charge in [-0.05, 0) is 63.4 Å². The summed E-state index contributed by atoms with van der Waals surface area (Å²) in [6.45, 7) is 4.40. The van der Waals surface area contributed by atoms with E-state index in [9.17, 15) is 9.59 Å². The molecule has 0 saturated heterocycles. The number of carbonyl (C=O) groups is 2. The third kappa shape index (κ3) is 5.24. The predicted octanol–water partition coefficient (Wildman–Crippen LogP) is 4.63. The van der Waals surface area contributed by atoms with E-state index in [0.717, 1.165) is 43.2 Å². The molecule has 1 aromatic carbocycles. The Hall–Kier alpha value is -2.18. The fourth-order valence-corrected chi connectivity index (χ4v) is 6.46. The summed E-state index contributed by atoms with van der Waals surface area (Å²) in [4.78, 5) is 27.7. The zero-order valence-corrected chi connectivity index (χ0v) is 20.0. The summed E-state index contributed by atoms with van der Waals surface area (Å²) in [5.74, 6) is 0.220. The molecule has 2 aliphatic carbocycles. The van der Waals surface area contributed by atoms with E-state index in [4.69, 9.17) is 4.74 Å². The first kappa shape index (κ1) is 23.0. The van der Waals surface area contributed by atoms with Gasteiger partial charge in [-0.3, -0.25) is 4.79 Å². The Morgan fingerprint density at radius 2 is 1.91 bits per heavy atom. The van der Waals surface area contributed by atoms with Crippen molar-refractivity contribution in [1.29, 1.82) is 0 Å². The summed E-state index contributed by atoms with van der Waals surface area (Å²) in [5, 5.41) is 6.05. The van der Waals surface area contributed by atoms with Crippen molar-refractivity contribution in [2.75, 3.05) is 11.9 Å². The lowest BCUT2D eigenvalue weighted by atomic mass is 9.88. The number of rotatable bonds is 7. The van der Waals surface area contributed by atoms with Crippen LogP contribution in [0.4, 0.5) is 5.00 Å². The molecule has 4 rings (SSSR count). The molecule has 0 aliphatic heterocycles. The maximum absolute atomic E-state index is 13.6. The molecular weight excluding hydrogens is 420 g/mol. The molecule has 1 aromatic heterocycles. The van der Waals surface area contributed by atoms with Crippen LogP contribution in [0.2, 0.25) is 0 Å². The lowest BCUT2D eigenvalue weighted by molar-refractivity contribution is -0.717. The Bertz CT molecular complexity index is 934. The van der Waals surface area contributed by atoms with E-state index in [1.54, 1.807) is 11.3 Å². The second-order valence-electron chi connectivity index (χ2n) is 9.24. The zero-order chi connectivity index (χ0) is 22.5. The van der Waals surface area contributed by atoms with Crippen molar-refractivity contribution in [3.63, 3.8) is 0 Å². The highest BCUT2D eigenvalue weighted by Crippen LogP contribution is 2.40. The van der Waals surface area contributed by atoms with Crippen LogP contribution in [0.5, 0.6) is 0 Å². The molecule has 0 unspecified atom stereocenters. The second-order valence-corrected chi connectivity index (χ2v) is 10.3. The highest BCUT2D eigenvalue weighted by atomic mass is 32.1. The summed E-state index contributed by atoms with van der Waals surface area (Å²) >= 11 is 1.56. The topological polar surface area (TPSA) is 72.0 Å². The first-order chi connectivity index (χ1) is 15.6. The van der Waals surface area contributed by atoms with Crippen LogP contribution in [-0.4, -0.2) is 24.5 Å². The van der Waals surface area contributed by atoms with Gasteiger partial charge < -0.3 is 15.4 Å². The molecule has 1 amide bonds. The average molecular weight is 456 g/mol. The third-order valence-electron chi connectivity index (χ3n) is 6.78. The minimum absolute atomic E-state index is 0.0565. The Balaban J connectivity index is 1.61. The number of anilines is 1. The molecule has 2 atom stereocenters. The standard InChI is InChI=1S/C26H34N2O3S/c1-3-31-26(30)22-20-15-14-17(2)16-21(20)32-25(22)28-24(29)23(18-10-6-4-7-11-18)27-19-12-8-5-9-13-19/h4,6-7,10-11,17,19,23,27H,3,5,8-9,12-16H2,1-2H3,(H,28,29)/p+1/t17-,23-/m1/s1. The predicted molar refractivity (Wildman–Crippen MR) is 128 cm³/mol. The molecule has 5 nitrogen and oxygen atoms in total. The van der Waals surface area contributed by atoms with Gasteiger partial charge in [0.2, 0.25) is 0 Å². The molecule has 3 N–H and O–H groups in total. The molecule has 1 fully saturated rings. The minimum Gasteiger partial charge on any atom is -0.462 e. The molecule has 2 aromatic rings. The van der Waals surface area contributed by atoms with Crippen molar-refractivity contribution < 1.29 is 19.6 Å². The molecule has 172 valence electrons. The van der Waals surface area contributed by atoms with E-state index >= 15 is 0 Å². The number of ether oxygens (including phenoxy) is 1. The van der Waals surface area contributed by atoms with Gasteiger partial charge in [0.15, 0.2) is 6.04 Å². The first-order valence-electron chi connectivity index (χ1n) is 12.1. The van der Waals surface area contributed by atoms with Gasteiger partial charge in [-0.25, -0.2) is 4.79 Å². The van der Waals surface area contributed by atoms with Gasteiger partial charge in [-0.2, -0.15) is 0 Å². The van der Waals surface area contributed by atoms with Crippen molar-refractivity contribution in [3.8, 4) is 0 Å². The Morgan fingerprint density at radius 1 is 1.16 bits per heavy atom. The highest BCUT2D eigenvalue weighted by Gasteiger charge is 2.33. The van der Waals surface area contributed by atoms with Crippen molar-refractivity contribution in [2.45, 2.75) is 77.3 Å². The van der Waals surface area contributed by atoms with Gasteiger partial charge in [-0.15, -0.1) is 11.3 Å². The number of nitrogens with one attached hydrogen (secondary N) is 1. The van der Waals surface area contributed by atoms with E-state index in [1.807, 2.05) is 37.3 Å². The van der Waals surface area contributed by atoms with Gasteiger partial charge >= 0.3 is 5.97 Å². The number of carbonyl (C=O) groups excluding carboxylic acids is 2.